The van der Waals surface area contributed by atoms with Crippen molar-refractivity contribution in [3.63, 3.8) is 0 Å². The fourth-order valence-electron chi connectivity index (χ4n) is 2.33. The highest BCUT2D eigenvalue weighted by atomic mass is 16.2. The zero-order valence-electron chi connectivity index (χ0n) is 12.7. The van der Waals surface area contributed by atoms with Crippen molar-refractivity contribution in [2.45, 2.75) is 33.6 Å². The minimum absolute atomic E-state index is 0.226. The number of urea groups is 1. The number of hydrogen-bond donors (Lipinski definition) is 2. The Morgan fingerprint density at radius 1 is 1.20 bits per heavy atom. The van der Waals surface area contributed by atoms with Gasteiger partial charge in [0, 0.05) is 13.6 Å². The van der Waals surface area contributed by atoms with Crippen LogP contribution in [0, 0.1) is 5.41 Å². The summed E-state index contributed by atoms with van der Waals surface area (Å²) in [7, 11) is 1.74. The SMILES string of the molecule is CCc1cccc(CC)c1N(C)C(=O)N(CC)C(=N)N. The highest BCUT2D eigenvalue weighted by Gasteiger charge is 2.23. The van der Waals surface area contributed by atoms with Gasteiger partial charge in [0.2, 0.25) is 0 Å². The lowest BCUT2D eigenvalue weighted by molar-refractivity contribution is 0.229. The number of rotatable bonds is 4. The summed E-state index contributed by atoms with van der Waals surface area (Å²) >= 11 is 0. The third-order valence-electron chi connectivity index (χ3n) is 3.43. The molecular formula is C15H24N4O. The molecule has 0 saturated carbocycles. The molecule has 20 heavy (non-hydrogen) atoms. The molecule has 0 atom stereocenters. The van der Waals surface area contributed by atoms with E-state index in [1.165, 1.54) is 4.90 Å². The number of hydrogen-bond acceptors (Lipinski definition) is 2. The standard InChI is InChI=1S/C15H24N4O/c1-5-11-9-8-10-12(6-2)13(11)18(4)15(20)19(7-3)14(16)17/h8-10H,5-7H2,1-4H3,(H3,16,17). The molecule has 1 aromatic rings. The van der Waals surface area contributed by atoms with Gasteiger partial charge in [-0.05, 0) is 30.9 Å². The first-order chi connectivity index (χ1) is 9.47. The van der Waals surface area contributed by atoms with Crippen LogP contribution in [0.2, 0.25) is 0 Å². The molecule has 110 valence electrons. The number of nitrogens with two attached hydrogens (primary N) is 1. The zero-order valence-corrected chi connectivity index (χ0v) is 12.7. The van der Waals surface area contributed by atoms with Crippen LogP contribution in [0.1, 0.15) is 31.9 Å². The number of nitrogens with zero attached hydrogens (tertiary/aromatic N) is 2. The summed E-state index contributed by atoms with van der Waals surface area (Å²) in [6.07, 6.45) is 1.71. The van der Waals surface area contributed by atoms with Crippen molar-refractivity contribution in [1.29, 1.82) is 5.41 Å². The van der Waals surface area contributed by atoms with Crippen LogP contribution in [-0.4, -0.2) is 30.5 Å². The van der Waals surface area contributed by atoms with Crippen LogP contribution in [0.3, 0.4) is 0 Å². The van der Waals surface area contributed by atoms with Crippen molar-refractivity contribution >= 4 is 17.7 Å². The Bertz CT molecular complexity index is 476. The Hall–Kier alpha value is -2.04. The maximum absolute atomic E-state index is 12.5. The van der Waals surface area contributed by atoms with Crippen LogP contribution < -0.4 is 10.6 Å². The third kappa shape index (κ3) is 3.10. The Morgan fingerprint density at radius 3 is 2.05 bits per heavy atom. The molecule has 5 heteroatoms. The number of carbonyl (C=O) groups is 1. The molecule has 0 saturated heterocycles. The van der Waals surface area contributed by atoms with Gasteiger partial charge in [-0.2, -0.15) is 0 Å². The predicted molar refractivity (Wildman–Crippen MR) is 83.3 cm³/mol. The first-order valence-corrected chi connectivity index (χ1v) is 6.97. The highest BCUT2D eigenvalue weighted by Crippen LogP contribution is 2.26. The second-order valence-electron chi connectivity index (χ2n) is 4.60. The van der Waals surface area contributed by atoms with Crippen molar-refractivity contribution in [2.75, 3.05) is 18.5 Å². The van der Waals surface area contributed by atoms with Gasteiger partial charge in [0.05, 0.1) is 5.69 Å². The first kappa shape index (κ1) is 16.0. The summed E-state index contributed by atoms with van der Waals surface area (Å²) in [6.45, 7) is 6.33. The summed E-state index contributed by atoms with van der Waals surface area (Å²) in [6, 6.07) is 5.81. The fourth-order valence-corrected chi connectivity index (χ4v) is 2.33. The van der Waals surface area contributed by atoms with E-state index >= 15 is 0 Å². The fraction of sp³-hybridized carbons (Fsp3) is 0.467. The van der Waals surface area contributed by atoms with Gasteiger partial charge in [-0.25, -0.2) is 4.79 Å². The van der Waals surface area contributed by atoms with Gasteiger partial charge < -0.3 is 5.73 Å². The average molecular weight is 276 g/mol. The van der Waals surface area contributed by atoms with Crippen LogP contribution >= 0.6 is 0 Å². The van der Waals surface area contributed by atoms with Gasteiger partial charge in [0.25, 0.3) is 0 Å². The second kappa shape index (κ2) is 6.93. The molecule has 5 nitrogen and oxygen atoms in total. The van der Waals surface area contributed by atoms with Crippen molar-refractivity contribution in [3.8, 4) is 0 Å². The van der Waals surface area contributed by atoms with Gasteiger partial charge >= 0.3 is 6.03 Å². The second-order valence-corrected chi connectivity index (χ2v) is 4.60. The van der Waals surface area contributed by atoms with Crippen molar-refractivity contribution in [1.82, 2.24) is 4.90 Å². The zero-order chi connectivity index (χ0) is 15.3. The van der Waals surface area contributed by atoms with Crippen molar-refractivity contribution in [2.24, 2.45) is 5.73 Å². The highest BCUT2D eigenvalue weighted by molar-refractivity contribution is 6.02. The molecule has 0 spiro atoms. The summed E-state index contributed by atoms with van der Waals surface area (Å²) in [5.74, 6) is -0.226. The number of anilines is 1. The monoisotopic (exact) mass is 276 g/mol. The Balaban J connectivity index is 3.23. The Morgan fingerprint density at radius 2 is 1.70 bits per heavy atom. The number of carbonyl (C=O) groups excluding carboxylic acids is 1. The van der Waals surface area contributed by atoms with E-state index in [9.17, 15) is 4.79 Å². The topological polar surface area (TPSA) is 73.4 Å². The Labute approximate surface area is 120 Å². The van der Waals surface area contributed by atoms with Gasteiger partial charge in [0.15, 0.2) is 5.96 Å². The van der Waals surface area contributed by atoms with E-state index in [1.54, 1.807) is 18.9 Å². The summed E-state index contributed by atoms with van der Waals surface area (Å²) in [4.78, 5) is 15.3. The molecule has 0 aliphatic carbocycles. The van der Waals surface area contributed by atoms with Crippen LogP contribution in [0.5, 0.6) is 0 Å². The number of para-hydroxylation sites is 1. The summed E-state index contributed by atoms with van der Waals surface area (Å²) in [5, 5.41) is 7.49. The molecule has 0 radical (unpaired) electrons. The largest absolute Gasteiger partial charge is 0.370 e. The van der Waals surface area contributed by atoms with E-state index in [1.807, 2.05) is 18.2 Å². The van der Waals surface area contributed by atoms with E-state index in [2.05, 4.69) is 13.8 Å². The van der Waals surface area contributed by atoms with E-state index in [4.69, 9.17) is 11.1 Å². The smallest absolute Gasteiger partial charge is 0.331 e. The summed E-state index contributed by atoms with van der Waals surface area (Å²) < 4.78 is 0. The minimum Gasteiger partial charge on any atom is -0.370 e. The molecule has 0 heterocycles. The quantitative estimate of drug-likeness (QED) is 0.655. The maximum Gasteiger partial charge on any atom is 0.331 e. The van der Waals surface area contributed by atoms with Crippen LogP contribution in [0.15, 0.2) is 18.2 Å². The molecule has 1 aromatic carbocycles. The van der Waals surface area contributed by atoms with E-state index < -0.39 is 0 Å². The Kier molecular flexibility index (Phi) is 5.55. The molecular weight excluding hydrogens is 252 g/mol. The van der Waals surface area contributed by atoms with Gasteiger partial charge in [-0.3, -0.25) is 15.2 Å². The number of aryl methyl sites for hydroxylation is 2. The van der Waals surface area contributed by atoms with E-state index in [0.29, 0.717) is 6.54 Å². The van der Waals surface area contributed by atoms with Crippen molar-refractivity contribution in [3.05, 3.63) is 29.3 Å². The molecule has 0 aliphatic heterocycles. The molecule has 2 amide bonds. The molecule has 0 aliphatic rings. The molecule has 0 unspecified atom stereocenters. The van der Waals surface area contributed by atoms with Crippen LogP contribution in [-0.2, 0) is 12.8 Å². The minimum atomic E-state index is -0.268. The molecule has 0 aromatic heterocycles. The molecule has 3 N–H and O–H groups in total. The van der Waals surface area contributed by atoms with E-state index in [-0.39, 0.29) is 12.0 Å². The van der Waals surface area contributed by atoms with Crippen LogP contribution in [0.4, 0.5) is 10.5 Å². The number of guanidine groups is 1. The van der Waals surface area contributed by atoms with E-state index in [0.717, 1.165) is 29.7 Å². The number of nitrogens with one attached hydrogen (secondary N) is 1. The molecule has 0 bridgehead atoms. The maximum atomic E-state index is 12.5. The third-order valence-corrected chi connectivity index (χ3v) is 3.43. The van der Waals surface area contributed by atoms with Gasteiger partial charge in [-0.1, -0.05) is 32.0 Å². The lowest BCUT2D eigenvalue weighted by atomic mass is 10.0. The molecule has 1 rings (SSSR count). The predicted octanol–water partition coefficient (Wildman–Crippen LogP) is 2.58. The normalized spacial score (nSPS) is 10.2. The lowest BCUT2D eigenvalue weighted by Gasteiger charge is -2.28. The number of amides is 2. The first-order valence-electron chi connectivity index (χ1n) is 6.97. The van der Waals surface area contributed by atoms with Crippen molar-refractivity contribution < 1.29 is 4.79 Å². The van der Waals surface area contributed by atoms with Gasteiger partial charge in [-0.15, -0.1) is 0 Å². The lowest BCUT2D eigenvalue weighted by Crippen LogP contribution is -2.48. The van der Waals surface area contributed by atoms with Crippen LogP contribution in [0.25, 0.3) is 0 Å². The number of benzene rings is 1. The average Bonchev–Trinajstić information content (AvgIpc) is 2.45. The molecule has 0 fully saturated rings. The summed E-state index contributed by atoms with van der Waals surface area (Å²) in [5.41, 5.74) is 8.65. The van der Waals surface area contributed by atoms with Gasteiger partial charge in [0.1, 0.15) is 0 Å².